The van der Waals surface area contributed by atoms with Gasteiger partial charge in [0.2, 0.25) is 0 Å². The molecule has 6 nitrogen and oxygen atoms in total. The molecule has 150 valence electrons. The van der Waals surface area contributed by atoms with Crippen LogP contribution in [0.5, 0.6) is 17.2 Å². The Hall–Kier alpha value is -2.73. The summed E-state index contributed by atoms with van der Waals surface area (Å²) >= 11 is 6.19. The van der Waals surface area contributed by atoms with Crippen molar-refractivity contribution in [2.45, 2.75) is 27.2 Å². The first-order chi connectivity index (χ1) is 13.6. The van der Waals surface area contributed by atoms with Gasteiger partial charge in [0.05, 0.1) is 31.1 Å². The lowest BCUT2D eigenvalue weighted by Gasteiger charge is -2.11. The van der Waals surface area contributed by atoms with Crippen LogP contribution in [-0.2, 0) is 0 Å². The summed E-state index contributed by atoms with van der Waals surface area (Å²) in [5, 5.41) is 4.49. The van der Waals surface area contributed by atoms with Gasteiger partial charge in [-0.2, -0.15) is 5.10 Å². The smallest absolute Gasteiger partial charge is 0.271 e. The Bertz CT molecular complexity index is 824. The molecule has 0 spiro atoms. The summed E-state index contributed by atoms with van der Waals surface area (Å²) in [5.41, 5.74) is 3.66. The van der Waals surface area contributed by atoms with E-state index in [2.05, 4.69) is 10.5 Å². The molecule has 0 heterocycles. The Kier molecular flexibility index (Phi) is 8.62. The largest absolute Gasteiger partial charge is 0.492 e. The molecule has 0 fully saturated rings. The quantitative estimate of drug-likeness (QED) is 0.460. The molecule has 0 aliphatic carbocycles. The Labute approximate surface area is 170 Å². The highest BCUT2D eigenvalue weighted by Gasteiger charge is 2.11. The van der Waals surface area contributed by atoms with Crippen LogP contribution < -0.4 is 19.6 Å². The standard InChI is InChI=1S/C21H25ClN2O4/c1-4-11-28-18-9-7-15(12-17(18)22)14-23-24-21(25)16-8-10-19(26-5-2)20(13-16)27-6-3/h7-10,12-14H,4-6,11H2,1-3H3,(H,24,25)/b23-14+. The lowest BCUT2D eigenvalue weighted by Crippen LogP contribution is -2.17. The Morgan fingerprint density at radius 1 is 1.00 bits per heavy atom. The molecule has 0 aliphatic rings. The third-order valence-electron chi connectivity index (χ3n) is 3.60. The lowest BCUT2D eigenvalue weighted by molar-refractivity contribution is 0.0954. The lowest BCUT2D eigenvalue weighted by atomic mass is 10.2. The van der Waals surface area contributed by atoms with E-state index in [1.807, 2.05) is 26.8 Å². The second-order valence-corrected chi connectivity index (χ2v) is 6.17. The number of hydrogen-bond donors (Lipinski definition) is 1. The minimum atomic E-state index is -0.353. The third-order valence-corrected chi connectivity index (χ3v) is 3.90. The van der Waals surface area contributed by atoms with Crippen molar-refractivity contribution < 1.29 is 19.0 Å². The summed E-state index contributed by atoms with van der Waals surface area (Å²) < 4.78 is 16.6. The molecule has 2 aromatic rings. The molecule has 0 aromatic heterocycles. The molecule has 2 rings (SSSR count). The maximum absolute atomic E-state index is 12.3. The van der Waals surface area contributed by atoms with Gasteiger partial charge in [0.25, 0.3) is 5.91 Å². The number of hydrazone groups is 1. The van der Waals surface area contributed by atoms with Crippen LogP contribution >= 0.6 is 11.6 Å². The molecule has 1 amide bonds. The van der Waals surface area contributed by atoms with E-state index in [1.54, 1.807) is 30.3 Å². The van der Waals surface area contributed by atoms with Crippen LogP contribution in [0.15, 0.2) is 41.5 Å². The molecule has 0 aliphatic heterocycles. The van der Waals surface area contributed by atoms with Gasteiger partial charge < -0.3 is 14.2 Å². The van der Waals surface area contributed by atoms with Crippen LogP contribution in [0, 0.1) is 0 Å². The topological polar surface area (TPSA) is 69.2 Å². The maximum Gasteiger partial charge on any atom is 0.271 e. The number of halogens is 1. The molecule has 0 atom stereocenters. The third kappa shape index (κ3) is 6.16. The highest BCUT2D eigenvalue weighted by Crippen LogP contribution is 2.28. The normalized spacial score (nSPS) is 10.7. The first-order valence-electron chi connectivity index (χ1n) is 9.24. The number of nitrogens with zero attached hydrogens (tertiary/aromatic N) is 1. The van der Waals surface area contributed by atoms with Crippen molar-refractivity contribution in [3.05, 3.63) is 52.5 Å². The fraction of sp³-hybridized carbons (Fsp3) is 0.333. The molecule has 0 bridgehead atoms. The molecule has 7 heteroatoms. The van der Waals surface area contributed by atoms with E-state index in [1.165, 1.54) is 6.21 Å². The molecule has 1 N–H and O–H groups in total. The first kappa shape index (κ1) is 21.6. The summed E-state index contributed by atoms with van der Waals surface area (Å²) in [4.78, 5) is 12.3. The Balaban J connectivity index is 2.03. The summed E-state index contributed by atoms with van der Waals surface area (Å²) in [6.07, 6.45) is 2.42. The molecule has 0 saturated carbocycles. The average molecular weight is 405 g/mol. The van der Waals surface area contributed by atoms with Crippen LogP contribution in [0.4, 0.5) is 0 Å². The molecule has 2 aromatic carbocycles. The van der Waals surface area contributed by atoms with Crippen molar-refractivity contribution in [1.29, 1.82) is 0 Å². The first-order valence-corrected chi connectivity index (χ1v) is 9.62. The molecule has 0 saturated heterocycles. The average Bonchev–Trinajstić information content (AvgIpc) is 2.69. The number of rotatable bonds is 10. The van der Waals surface area contributed by atoms with Gasteiger partial charge in [-0.25, -0.2) is 5.43 Å². The van der Waals surface area contributed by atoms with E-state index < -0.39 is 0 Å². The highest BCUT2D eigenvalue weighted by atomic mass is 35.5. The SMILES string of the molecule is CCCOc1ccc(/C=N/NC(=O)c2ccc(OCC)c(OCC)c2)cc1Cl. The van der Waals surface area contributed by atoms with Gasteiger partial charge in [0, 0.05) is 5.56 Å². The Morgan fingerprint density at radius 2 is 1.71 bits per heavy atom. The molecule has 28 heavy (non-hydrogen) atoms. The minimum absolute atomic E-state index is 0.353. The summed E-state index contributed by atoms with van der Waals surface area (Å²) in [7, 11) is 0. The number of amides is 1. The van der Waals surface area contributed by atoms with Gasteiger partial charge in [0.15, 0.2) is 11.5 Å². The number of nitrogens with one attached hydrogen (secondary N) is 1. The molecule has 0 unspecified atom stereocenters. The van der Waals surface area contributed by atoms with Crippen LogP contribution in [0.1, 0.15) is 43.1 Å². The fourth-order valence-corrected chi connectivity index (χ4v) is 2.59. The van der Waals surface area contributed by atoms with E-state index in [9.17, 15) is 4.79 Å². The van der Waals surface area contributed by atoms with Crippen molar-refractivity contribution in [2.24, 2.45) is 5.10 Å². The van der Waals surface area contributed by atoms with E-state index in [0.29, 0.717) is 47.7 Å². The van der Waals surface area contributed by atoms with E-state index in [0.717, 1.165) is 12.0 Å². The summed E-state index contributed by atoms with van der Waals surface area (Å²) in [6.45, 7) is 7.38. The molecule has 0 radical (unpaired) electrons. The van der Waals surface area contributed by atoms with Gasteiger partial charge in [-0.15, -0.1) is 0 Å². The molecular weight excluding hydrogens is 380 g/mol. The number of ether oxygens (including phenoxy) is 3. The second kappa shape index (κ2) is 11.2. The summed E-state index contributed by atoms with van der Waals surface area (Å²) in [5.74, 6) is 1.40. The van der Waals surface area contributed by atoms with Gasteiger partial charge in [-0.05, 0) is 62.2 Å². The number of carbonyl (C=O) groups is 1. The van der Waals surface area contributed by atoms with Gasteiger partial charge in [-0.1, -0.05) is 18.5 Å². The van der Waals surface area contributed by atoms with E-state index in [4.69, 9.17) is 25.8 Å². The van der Waals surface area contributed by atoms with Crippen molar-refractivity contribution in [1.82, 2.24) is 5.43 Å². The number of benzene rings is 2. The van der Waals surface area contributed by atoms with Crippen LogP contribution in [0.25, 0.3) is 0 Å². The fourth-order valence-electron chi connectivity index (χ4n) is 2.35. The van der Waals surface area contributed by atoms with E-state index >= 15 is 0 Å². The van der Waals surface area contributed by atoms with Crippen LogP contribution in [0.3, 0.4) is 0 Å². The van der Waals surface area contributed by atoms with Crippen molar-refractivity contribution in [3.63, 3.8) is 0 Å². The summed E-state index contributed by atoms with van der Waals surface area (Å²) in [6, 6.07) is 10.3. The van der Waals surface area contributed by atoms with Crippen LogP contribution in [-0.4, -0.2) is 31.9 Å². The van der Waals surface area contributed by atoms with Gasteiger partial charge in [-0.3, -0.25) is 4.79 Å². The molecular formula is C21H25ClN2O4. The number of hydrogen-bond acceptors (Lipinski definition) is 5. The van der Waals surface area contributed by atoms with Crippen molar-refractivity contribution in [3.8, 4) is 17.2 Å². The van der Waals surface area contributed by atoms with Crippen molar-refractivity contribution >= 4 is 23.7 Å². The second-order valence-electron chi connectivity index (χ2n) is 5.76. The minimum Gasteiger partial charge on any atom is -0.492 e. The maximum atomic E-state index is 12.3. The highest BCUT2D eigenvalue weighted by molar-refractivity contribution is 6.32. The van der Waals surface area contributed by atoms with Gasteiger partial charge >= 0.3 is 0 Å². The predicted octanol–water partition coefficient (Wildman–Crippen LogP) is 4.69. The number of carbonyl (C=O) groups excluding carboxylic acids is 1. The van der Waals surface area contributed by atoms with Crippen LogP contribution in [0.2, 0.25) is 5.02 Å². The zero-order valence-corrected chi connectivity index (χ0v) is 17.1. The predicted molar refractivity (Wildman–Crippen MR) is 111 cm³/mol. The van der Waals surface area contributed by atoms with E-state index in [-0.39, 0.29) is 5.91 Å². The van der Waals surface area contributed by atoms with Crippen molar-refractivity contribution in [2.75, 3.05) is 19.8 Å². The zero-order valence-electron chi connectivity index (χ0n) is 16.3. The monoisotopic (exact) mass is 404 g/mol. The zero-order chi connectivity index (χ0) is 20.4. The van der Waals surface area contributed by atoms with Gasteiger partial charge in [0.1, 0.15) is 5.75 Å². The Morgan fingerprint density at radius 3 is 2.39 bits per heavy atom.